The van der Waals surface area contributed by atoms with Gasteiger partial charge in [-0.2, -0.15) is 0 Å². The molecule has 0 saturated carbocycles. The van der Waals surface area contributed by atoms with Crippen molar-refractivity contribution in [1.82, 2.24) is 0 Å². The minimum Gasteiger partial charge on any atom is -0.478 e. The molecule has 0 spiro atoms. The lowest BCUT2D eigenvalue weighted by Gasteiger charge is -2.26. The molecule has 0 amide bonds. The summed E-state index contributed by atoms with van der Waals surface area (Å²) >= 11 is 0. The summed E-state index contributed by atoms with van der Waals surface area (Å²) in [6.45, 7) is 19.5. The van der Waals surface area contributed by atoms with Crippen molar-refractivity contribution in [3.05, 3.63) is 64.3 Å². The molecule has 29 heavy (non-hydrogen) atoms. The first-order valence-corrected chi connectivity index (χ1v) is 10.8. The fraction of sp³-hybridized carbons (Fsp3) is 0.519. The van der Waals surface area contributed by atoms with Gasteiger partial charge in [-0.1, -0.05) is 98.2 Å². The Kier molecular flexibility index (Phi) is 8.68. The lowest BCUT2D eigenvalue weighted by atomic mass is 9.78. The number of hydrogen-bond acceptors (Lipinski definition) is 1. The predicted molar refractivity (Wildman–Crippen MR) is 126 cm³/mol. The van der Waals surface area contributed by atoms with Gasteiger partial charge in [-0.3, -0.25) is 0 Å². The number of allylic oxidation sites excluding steroid dienone is 5. The Balaban J connectivity index is 3.50. The highest BCUT2D eigenvalue weighted by molar-refractivity contribution is 5.88. The zero-order chi connectivity index (χ0) is 22.4. The van der Waals surface area contributed by atoms with Gasteiger partial charge in [0.25, 0.3) is 0 Å². The van der Waals surface area contributed by atoms with Crippen LogP contribution >= 0.6 is 0 Å². The second-order valence-electron chi connectivity index (χ2n) is 9.92. The molecule has 2 heteroatoms. The number of aliphatic carboxylic acids is 1. The number of carbonyl (C=O) groups is 1. The van der Waals surface area contributed by atoms with Crippen LogP contribution in [0.2, 0.25) is 0 Å². The lowest BCUT2D eigenvalue weighted by molar-refractivity contribution is -0.132. The number of rotatable bonds is 7. The van der Waals surface area contributed by atoms with E-state index in [1.165, 1.54) is 22.3 Å². The first kappa shape index (κ1) is 24.9. The van der Waals surface area contributed by atoms with Crippen molar-refractivity contribution in [2.45, 2.75) is 92.4 Å². The third kappa shape index (κ3) is 7.34. The molecule has 0 aliphatic heterocycles. The van der Waals surface area contributed by atoms with Crippen molar-refractivity contribution in [2.75, 3.05) is 0 Å². The molecule has 0 aliphatic carbocycles. The highest BCUT2D eigenvalue weighted by Gasteiger charge is 2.21. The van der Waals surface area contributed by atoms with E-state index in [1.54, 1.807) is 0 Å². The molecule has 0 aliphatic rings. The van der Waals surface area contributed by atoms with E-state index in [1.807, 2.05) is 26.0 Å². The largest absolute Gasteiger partial charge is 0.478 e. The molecule has 0 radical (unpaired) electrons. The molecule has 1 N–H and O–H groups in total. The van der Waals surface area contributed by atoms with Crippen LogP contribution < -0.4 is 0 Å². The smallest absolute Gasteiger partial charge is 0.331 e. The van der Waals surface area contributed by atoms with E-state index in [2.05, 4.69) is 72.7 Å². The first-order valence-electron chi connectivity index (χ1n) is 10.8. The van der Waals surface area contributed by atoms with Crippen LogP contribution in [0, 0.1) is 0 Å². The fourth-order valence-electron chi connectivity index (χ4n) is 3.28. The normalized spacial score (nSPS) is 14.3. The molecular formula is C27H40O2. The average molecular weight is 397 g/mol. The quantitative estimate of drug-likeness (QED) is 0.376. The number of hydrogen-bond donors (Lipinski definition) is 1. The van der Waals surface area contributed by atoms with E-state index in [0.29, 0.717) is 12.0 Å². The maximum atomic E-state index is 11.3. The van der Waals surface area contributed by atoms with Crippen LogP contribution in [0.15, 0.2) is 47.6 Å². The molecule has 1 rings (SSSR count). The van der Waals surface area contributed by atoms with Gasteiger partial charge in [0.15, 0.2) is 0 Å². The van der Waals surface area contributed by atoms with Gasteiger partial charge in [0, 0.05) is 5.57 Å². The molecule has 1 aromatic carbocycles. The fourth-order valence-corrected chi connectivity index (χ4v) is 3.28. The third-order valence-electron chi connectivity index (χ3n) is 5.29. The first-order chi connectivity index (χ1) is 13.3. The van der Waals surface area contributed by atoms with Gasteiger partial charge in [-0.15, -0.1) is 0 Å². The van der Waals surface area contributed by atoms with Crippen molar-refractivity contribution in [3.8, 4) is 0 Å². The molecule has 0 saturated heterocycles. The molecule has 2 nitrogen and oxygen atoms in total. The van der Waals surface area contributed by atoms with Gasteiger partial charge in [0.2, 0.25) is 0 Å². The Bertz CT molecular complexity index is 774. The topological polar surface area (TPSA) is 37.3 Å². The van der Waals surface area contributed by atoms with E-state index in [4.69, 9.17) is 0 Å². The Morgan fingerprint density at radius 2 is 1.48 bits per heavy atom. The van der Waals surface area contributed by atoms with Gasteiger partial charge < -0.3 is 5.11 Å². The molecule has 0 heterocycles. The van der Waals surface area contributed by atoms with Gasteiger partial charge >= 0.3 is 5.97 Å². The summed E-state index contributed by atoms with van der Waals surface area (Å²) < 4.78 is 0. The van der Waals surface area contributed by atoms with Gasteiger partial charge in [-0.05, 0) is 58.4 Å². The highest BCUT2D eigenvalue weighted by atomic mass is 16.4. The van der Waals surface area contributed by atoms with Crippen molar-refractivity contribution in [2.24, 2.45) is 0 Å². The maximum Gasteiger partial charge on any atom is 0.331 e. The standard InChI is InChI=1S/C27H40O2/c1-10-13-20(15-12-14-19(3)24(11-2)25(28)29)21-16-22(26(4,5)6)18-23(17-21)27(7,8)9/h12,14-18H,10-11,13H2,1-9H3,(H,28,29). The Labute approximate surface area is 178 Å². The van der Waals surface area contributed by atoms with Crippen LogP contribution in [0.3, 0.4) is 0 Å². The molecular weight excluding hydrogens is 356 g/mol. The Hall–Kier alpha value is -2.09. The van der Waals surface area contributed by atoms with Crippen LogP contribution in [0.25, 0.3) is 5.57 Å². The minimum absolute atomic E-state index is 0.0833. The zero-order valence-corrected chi connectivity index (χ0v) is 19.9. The van der Waals surface area contributed by atoms with Crippen molar-refractivity contribution in [1.29, 1.82) is 0 Å². The second-order valence-corrected chi connectivity index (χ2v) is 9.92. The summed E-state index contributed by atoms with van der Waals surface area (Å²) in [7, 11) is 0. The molecule has 1 aromatic rings. The van der Waals surface area contributed by atoms with E-state index < -0.39 is 5.97 Å². The summed E-state index contributed by atoms with van der Waals surface area (Å²) in [5.74, 6) is -0.833. The van der Waals surface area contributed by atoms with Crippen molar-refractivity contribution < 1.29 is 9.90 Å². The van der Waals surface area contributed by atoms with Gasteiger partial charge in [-0.25, -0.2) is 4.79 Å². The average Bonchev–Trinajstić information content (AvgIpc) is 2.59. The maximum absolute atomic E-state index is 11.3. The van der Waals surface area contributed by atoms with Crippen molar-refractivity contribution in [3.63, 3.8) is 0 Å². The monoisotopic (exact) mass is 396 g/mol. The predicted octanol–water partition coefficient (Wildman–Crippen LogP) is 7.83. The molecule has 160 valence electrons. The van der Waals surface area contributed by atoms with E-state index in [-0.39, 0.29) is 10.8 Å². The lowest BCUT2D eigenvalue weighted by Crippen LogP contribution is -2.17. The summed E-state index contributed by atoms with van der Waals surface area (Å²) in [6, 6.07) is 6.99. The summed E-state index contributed by atoms with van der Waals surface area (Å²) in [5, 5.41) is 9.32. The number of carboxylic acids is 1. The van der Waals surface area contributed by atoms with E-state index in [9.17, 15) is 9.90 Å². The third-order valence-corrected chi connectivity index (χ3v) is 5.29. The molecule has 0 atom stereocenters. The minimum atomic E-state index is -0.833. The van der Waals surface area contributed by atoms with E-state index in [0.717, 1.165) is 18.4 Å². The van der Waals surface area contributed by atoms with Gasteiger partial charge in [0.1, 0.15) is 0 Å². The van der Waals surface area contributed by atoms with Gasteiger partial charge in [0.05, 0.1) is 0 Å². The Morgan fingerprint density at radius 1 is 0.966 bits per heavy atom. The molecule has 0 bridgehead atoms. The number of carboxylic acid groups (broad SMARTS) is 1. The molecule has 0 unspecified atom stereocenters. The van der Waals surface area contributed by atoms with Crippen molar-refractivity contribution >= 4 is 11.5 Å². The highest BCUT2D eigenvalue weighted by Crippen LogP contribution is 2.33. The number of benzene rings is 1. The van der Waals surface area contributed by atoms with Crippen LogP contribution in [-0.2, 0) is 15.6 Å². The van der Waals surface area contributed by atoms with Crippen LogP contribution in [0.1, 0.15) is 98.3 Å². The van der Waals surface area contributed by atoms with Crippen LogP contribution in [0.4, 0.5) is 0 Å². The second kappa shape index (κ2) is 10.1. The van der Waals surface area contributed by atoms with Crippen LogP contribution in [-0.4, -0.2) is 11.1 Å². The summed E-state index contributed by atoms with van der Waals surface area (Å²) in [4.78, 5) is 11.3. The van der Waals surface area contributed by atoms with Crippen LogP contribution in [0.5, 0.6) is 0 Å². The van der Waals surface area contributed by atoms with E-state index >= 15 is 0 Å². The molecule has 0 aromatic heterocycles. The zero-order valence-electron chi connectivity index (χ0n) is 19.9. The summed E-state index contributed by atoms with van der Waals surface area (Å²) in [6.07, 6.45) is 8.65. The summed E-state index contributed by atoms with van der Waals surface area (Å²) in [5.41, 5.74) is 6.70. The SMILES string of the molecule is CCCC(=CC=CC(C)=C(CC)C(=O)O)c1cc(C(C)(C)C)cc(C(C)(C)C)c1. The Morgan fingerprint density at radius 3 is 1.86 bits per heavy atom. The molecule has 0 fully saturated rings.